The van der Waals surface area contributed by atoms with Crippen LogP contribution in [0.15, 0.2) is 24.3 Å². The van der Waals surface area contributed by atoms with E-state index in [0.717, 1.165) is 6.54 Å². The van der Waals surface area contributed by atoms with E-state index in [2.05, 4.69) is 72.9 Å². The van der Waals surface area contributed by atoms with Gasteiger partial charge in [0, 0.05) is 9.61 Å². The molecule has 0 aliphatic carbocycles. The first-order chi connectivity index (χ1) is 7.15. The van der Waals surface area contributed by atoms with Crippen LogP contribution in [0, 0.1) is 9.49 Å². The summed E-state index contributed by atoms with van der Waals surface area (Å²) in [6.07, 6.45) is 1.19. The van der Waals surface area contributed by atoms with Gasteiger partial charge in [0.15, 0.2) is 0 Å². The van der Waals surface area contributed by atoms with Gasteiger partial charge in [-0.1, -0.05) is 32.9 Å². The van der Waals surface area contributed by atoms with Crippen molar-refractivity contribution in [2.24, 2.45) is 5.92 Å². The largest absolute Gasteiger partial charge is 0.310 e. The van der Waals surface area contributed by atoms with Crippen LogP contribution in [-0.2, 0) is 0 Å². The quantitative estimate of drug-likeness (QED) is 0.810. The summed E-state index contributed by atoms with van der Waals surface area (Å²) in [5.41, 5.74) is 1.41. The van der Waals surface area contributed by atoms with Crippen molar-refractivity contribution in [2.45, 2.75) is 33.2 Å². The van der Waals surface area contributed by atoms with Crippen LogP contribution in [0.2, 0.25) is 0 Å². The van der Waals surface area contributed by atoms with E-state index in [1.807, 2.05) is 0 Å². The molecule has 0 saturated heterocycles. The maximum absolute atomic E-state index is 3.61. The van der Waals surface area contributed by atoms with Crippen molar-refractivity contribution >= 4 is 22.6 Å². The third kappa shape index (κ3) is 4.11. The molecule has 0 fully saturated rings. The van der Waals surface area contributed by atoms with Gasteiger partial charge in [0.1, 0.15) is 0 Å². The van der Waals surface area contributed by atoms with E-state index in [0.29, 0.717) is 12.0 Å². The van der Waals surface area contributed by atoms with E-state index >= 15 is 0 Å². The Labute approximate surface area is 107 Å². The molecular formula is C13H20IN. The Bertz CT molecular complexity index is 296. The average molecular weight is 317 g/mol. The van der Waals surface area contributed by atoms with E-state index in [1.165, 1.54) is 15.6 Å². The maximum Gasteiger partial charge on any atom is 0.0343 e. The second kappa shape index (κ2) is 6.48. The molecule has 1 unspecified atom stereocenters. The molecule has 0 bridgehead atoms. The normalized spacial score (nSPS) is 13.1. The summed E-state index contributed by atoms with van der Waals surface area (Å²) in [6.45, 7) is 7.84. The van der Waals surface area contributed by atoms with Crippen molar-refractivity contribution in [1.29, 1.82) is 0 Å². The van der Waals surface area contributed by atoms with E-state index in [-0.39, 0.29) is 0 Å². The lowest BCUT2D eigenvalue weighted by molar-refractivity contribution is 0.412. The molecule has 0 aliphatic heterocycles. The van der Waals surface area contributed by atoms with Crippen LogP contribution in [0.5, 0.6) is 0 Å². The molecule has 0 radical (unpaired) electrons. The fourth-order valence-corrected chi connectivity index (χ4v) is 2.31. The van der Waals surface area contributed by atoms with Crippen LogP contribution in [0.3, 0.4) is 0 Å². The van der Waals surface area contributed by atoms with Crippen molar-refractivity contribution in [2.75, 3.05) is 6.54 Å². The van der Waals surface area contributed by atoms with Gasteiger partial charge in [-0.05, 0) is 59.2 Å². The molecule has 1 nitrogen and oxygen atoms in total. The number of nitrogens with one attached hydrogen (secondary N) is 1. The smallest absolute Gasteiger partial charge is 0.0343 e. The highest BCUT2D eigenvalue weighted by atomic mass is 127. The monoisotopic (exact) mass is 317 g/mol. The molecule has 0 aromatic heterocycles. The summed E-state index contributed by atoms with van der Waals surface area (Å²) in [4.78, 5) is 0. The van der Waals surface area contributed by atoms with E-state index < -0.39 is 0 Å². The standard InChI is InChI=1S/C13H20IN/c1-4-8-15-13(10(2)3)11-6-5-7-12(14)9-11/h5-7,9-10,13,15H,4,8H2,1-3H3. The molecule has 1 atom stereocenters. The highest BCUT2D eigenvalue weighted by Gasteiger charge is 2.14. The van der Waals surface area contributed by atoms with Gasteiger partial charge in [-0.15, -0.1) is 0 Å². The third-order valence-electron chi connectivity index (χ3n) is 2.49. The number of hydrogen-bond acceptors (Lipinski definition) is 1. The van der Waals surface area contributed by atoms with E-state index in [4.69, 9.17) is 0 Å². The van der Waals surface area contributed by atoms with Gasteiger partial charge in [0.05, 0.1) is 0 Å². The van der Waals surface area contributed by atoms with Crippen LogP contribution in [0.4, 0.5) is 0 Å². The predicted molar refractivity (Wildman–Crippen MR) is 75.0 cm³/mol. The van der Waals surface area contributed by atoms with Crippen LogP contribution in [0.1, 0.15) is 38.8 Å². The number of halogens is 1. The zero-order valence-electron chi connectivity index (χ0n) is 9.76. The SMILES string of the molecule is CCCNC(c1cccc(I)c1)C(C)C. The molecule has 1 rings (SSSR count). The minimum atomic E-state index is 0.486. The third-order valence-corrected chi connectivity index (χ3v) is 3.16. The first-order valence-electron chi connectivity index (χ1n) is 5.64. The summed E-state index contributed by atoms with van der Waals surface area (Å²) < 4.78 is 1.31. The summed E-state index contributed by atoms with van der Waals surface area (Å²) in [5.74, 6) is 0.634. The lowest BCUT2D eigenvalue weighted by Crippen LogP contribution is -2.26. The number of hydrogen-bond donors (Lipinski definition) is 1. The molecule has 0 amide bonds. The van der Waals surface area contributed by atoms with Crippen LogP contribution in [0.25, 0.3) is 0 Å². The fourth-order valence-electron chi connectivity index (χ4n) is 1.74. The van der Waals surface area contributed by atoms with E-state index in [9.17, 15) is 0 Å². The van der Waals surface area contributed by atoms with Crippen molar-refractivity contribution in [3.63, 3.8) is 0 Å². The first-order valence-corrected chi connectivity index (χ1v) is 6.72. The minimum absolute atomic E-state index is 0.486. The zero-order chi connectivity index (χ0) is 11.3. The van der Waals surface area contributed by atoms with Gasteiger partial charge < -0.3 is 5.32 Å². The Morgan fingerprint density at radius 1 is 1.33 bits per heavy atom. The Balaban J connectivity index is 2.79. The number of rotatable bonds is 5. The molecule has 1 aromatic carbocycles. The summed E-state index contributed by atoms with van der Waals surface area (Å²) in [7, 11) is 0. The molecular weight excluding hydrogens is 297 g/mol. The first kappa shape index (κ1) is 13.0. The lowest BCUT2D eigenvalue weighted by atomic mass is 9.96. The van der Waals surface area contributed by atoms with Gasteiger partial charge in [0.2, 0.25) is 0 Å². The molecule has 0 saturated carbocycles. The van der Waals surface area contributed by atoms with Gasteiger partial charge in [-0.2, -0.15) is 0 Å². The Morgan fingerprint density at radius 2 is 2.07 bits per heavy atom. The highest BCUT2D eigenvalue weighted by Crippen LogP contribution is 2.22. The highest BCUT2D eigenvalue weighted by molar-refractivity contribution is 14.1. The van der Waals surface area contributed by atoms with Crippen LogP contribution < -0.4 is 5.32 Å². The number of benzene rings is 1. The van der Waals surface area contributed by atoms with Crippen LogP contribution >= 0.6 is 22.6 Å². The van der Waals surface area contributed by atoms with Crippen molar-refractivity contribution in [3.8, 4) is 0 Å². The Kier molecular flexibility index (Phi) is 5.61. The lowest BCUT2D eigenvalue weighted by Gasteiger charge is -2.23. The molecule has 0 heterocycles. The molecule has 2 heteroatoms. The van der Waals surface area contributed by atoms with Gasteiger partial charge in [0.25, 0.3) is 0 Å². The molecule has 0 spiro atoms. The molecule has 84 valence electrons. The second-order valence-electron chi connectivity index (χ2n) is 4.23. The fraction of sp³-hybridized carbons (Fsp3) is 0.538. The van der Waals surface area contributed by atoms with Crippen LogP contribution in [-0.4, -0.2) is 6.54 Å². The van der Waals surface area contributed by atoms with Gasteiger partial charge >= 0.3 is 0 Å². The molecule has 15 heavy (non-hydrogen) atoms. The predicted octanol–water partition coefficient (Wildman–Crippen LogP) is 3.99. The molecule has 1 aromatic rings. The zero-order valence-corrected chi connectivity index (χ0v) is 11.9. The second-order valence-corrected chi connectivity index (χ2v) is 5.48. The Morgan fingerprint density at radius 3 is 2.60 bits per heavy atom. The minimum Gasteiger partial charge on any atom is -0.310 e. The molecule has 1 N–H and O–H groups in total. The van der Waals surface area contributed by atoms with Gasteiger partial charge in [-0.3, -0.25) is 0 Å². The maximum atomic E-state index is 3.61. The van der Waals surface area contributed by atoms with E-state index in [1.54, 1.807) is 0 Å². The van der Waals surface area contributed by atoms with Gasteiger partial charge in [-0.25, -0.2) is 0 Å². The molecule has 0 aliphatic rings. The summed E-state index contributed by atoms with van der Waals surface area (Å²) in [6, 6.07) is 9.25. The van der Waals surface area contributed by atoms with Crippen molar-refractivity contribution < 1.29 is 0 Å². The van der Waals surface area contributed by atoms with Crippen molar-refractivity contribution in [1.82, 2.24) is 5.32 Å². The topological polar surface area (TPSA) is 12.0 Å². The average Bonchev–Trinajstić information content (AvgIpc) is 2.18. The summed E-state index contributed by atoms with van der Waals surface area (Å²) in [5, 5.41) is 3.61. The Hall–Kier alpha value is -0.0900. The van der Waals surface area contributed by atoms with Crippen molar-refractivity contribution in [3.05, 3.63) is 33.4 Å². The summed E-state index contributed by atoms with van der Waals surface area (Å²) >= 11 is 2.37.